The summed E-state index contributed by atoms with van der Waals surface area (Å²) in [6.07, 6.45) is 1.17. The largest absolute Gasteiger partial charge is 0.399 e. The normalized spacial score (nSPS) is 10.4. The van der Waals surface area contributed by atoms with Gasteiger partial charge in [0.25, 0.3) is 0 Å². The zero-order chi connectivity index (χ0) is 16.0. The predicted octanol–water partition coefficient (Wildman–Crippen LogP) is 2.01. The van der Waals surface area contributed by atoms with Gasteiger partial charge in [-0.2, -0.15) is 0 Å². The summed E-state index contributed by atoms with van der Waals surface area (Å²) in [6.45, 7) is 0. The van der Waals surface area contributed by atoms with Gasteiger partial charge in [-0.3, -0.25) is 0 Å². The molecular weight excluding hydrogens is 286 g/mol. The molecule has 0 radical (unpaired) electrons. The minimum Gasteiger partial charge on any atom is -0.399 e. The summed E-state index contributed by atoms with van der Waals surface area (Å²) in [5, 5.41) is 0. The summed E-state index contributed by atoms with van der Waals surface area (Å²) in [7, 11) is 0.936. The van der Waals surface area contributed by atoms with Crippen LogP contribution < -0.4 is 16.4 Å². The molecule has 2 rings (SSSR count). The lowest BCUT2D eigenvalue weighted by atomic mass is 10.3. The van der Waals surface area contributed by atoms with Crippen molar-refractivity contribution in [2.24, 2.45) is 0 Å². The second-order valence-corrected chi connectivity index (χ2v) is 6.84. The summed E-state index contributed by atoms with van der Waals surface area (Å²) < 4.78 is 21.8. The van der Waals surface area contributed by atoms with Crippen molar-refractivity contribution in [2.45, 2.75) is 4.90 Å². The van der Waals surface area contributed by atoms with Crippen LogP contribution >= 0.6 is 0 Å². The molecule has 5 nitrogen and oxygen atoms in total. The first-order chi connectivity index (χ1) is 9.70. The Bertz CT molecular complexity index is 663. The number of nitrogens with zero attached hydrogens (tertiary/aromatic N) is 1. The fourth-order valence-corrected chi connectivity index (χ4v) is 2.12. The van der Waals surface area contributed by atoms with Gasteiger partial charge in [0.2, 0.25) is 0 Å². The minimum absolute atomic E-state index is 0.298. The minimum atomic E-state index is -3.08. The van der Waals surface area contributed by atoms with E-state index in [-0.39, 0.29) is 0 Å². The highest BCUT2D eigenvalue weighted by molar-refractivity contribution is 7.90. The highest BCUT2D eigenvalue weighted by Crippen LogP contribution is 2.12. The van der Waals surface area contributed by atoms with Crippen molar-refractivity contribution in [1.29, 1.82) is 0 Å². The Hall–Kier alpha value is -2.21. The Morgan fingerprint density at radius 1 is 0.810 bits per heavy atom. The molecule has 0 fully saturated rings. The maximum absolute atomic E-state index is 10.9. The van der Waals surface area contributed by atoms with Gasteiger partial charge < -0.3 is 16.4 Å². The topological polar surface area (TPSA) is 89.4 Å². The summed E-state index contributed by atoms with van der Waals surface area (Å²) in [5.74, 6) is 0. The molecule has 0 heterocycles. The molecule has 0 unspecified atom stereocenters. The second-order valence-electron chi connectivity index (χ2n) is 4.83. The first-order valence-corrected chi connectivity index (χ1v) is 8.18. The summed E-state index contributed by atoms with van der Waals surface area (Å²) >= 11 is 0. The van der Waals surface area contributed by atoms with Crippen molar-refractivity contribution in [2.75, 3.05) is 36.7 Å². The maximum atomic E-state index is 10.9. The number of anilines is 3. The van der Waals surface area contributed by atoms with Crippen molar-refractivity contribution < 1.29 is 8.42 Å². The van der Waals surface area contributed by atoms with Crippen LogP contribution in [0.4, 0.5) is 17.1 Å². The molecule has 21 heavy (non-hydrogen) atoms. The van der Waals surface area contributed by atoms with Gasteiger partial charge in [-0.05, 0) is 48.5 Å². The van der Waals surface area contributed by atoms with Crippen LogP contribution in [-0.4, -0.2) is 28.8 Å². The lowest BCUT2D eigenvalue weighted by Gasteiger charge is -2.11. The van der Waals surface area contributed by atoms with E-state index in [9.17, 15) is 8.42 Å². The van der Waals surface area contributed by atoms with Gasteiger partial charge in [-0.25, -0.2) is 8.42 Å². The third-order valence-corrected chi connectivity index (χ3v) is 3.85. The van der Waals surface area contributed by atoms with E-state index in [0.717, 1.165) is 5.69 Å². The molecule has 0 spiro atoms. The highest BCUT2D eigenvalue weighted by Gasteiger charge is 2.04. The van der Waals surface area contributed by atoms with Crippen LogP contribution in [0.5, 0.6) is 0 Å². The van der Waals surface area contributed by atoms with E-state index in [1.807, 2.05) is 43.3 Å². The predicted molar refractivity (Wildman–Crippen MR) is 89.1 cm³/mol. The number of nitrogens with two attached hydrogens (primary N) is 2. The fourth-order valence-electron chi connectivity index (χ4n) is 1.49. The summed E-state index contributed by atoms with van der Waals surface area (Å²) in [5.41, 5.74) is 13.4. The molecule has 0 saturated carbocycles. The fraction of sp³-hybridized carbons (Fsp3) is 0.200. The van der Waals surface area contributed by atoms with Crippen molar-refractivity contribution in [1.82, 2.24) is 0 Å². The van der Waals surface area contributed by atoms with E-state index in [0.29, 0.717) is 10.6 Å². The van der Waals surface area contributed by atoms with Crippen molar-refractivity contribution in [3.63, 3.8) is 0 Å². The lowest BCUT2D eigenvalue weighted by molar-refractivity contribution is 0.602. The van der Waals surface area contributed by atoms with E-state index in [4.69, 9.17) is 11.5 Å². The summed E-state index contributed by atoms with van der Waals surface area (Å²) in [6, 6.07) is 13.9. The number of hydrogen-bond donors (Lipinski definition) is 2. The van der Waals surface area contributed by atoms with Crippen LogP contribution in [0.3, 0.4) is 0 Å². The van der Waals surface area contributed by atoms with Gasteiger partial charge in [-0.15, -0.1) is 0 Å². The molecule has 0 aliphatic rings. The molecule has 0 bridgehead atoms. The molecule has 2 aromatic carbocycles. The SMILES string of the molecule is CN(C)c1ccc(N)cc1.CS(=O)(=O)c1ccc(N)cc1. The highest BCUT2D eigenvalue weighted by atomic mass is 32.2. The van der Waals surface area contributed by atoms with E-state index in [2.05, 4.69) is 0 Å². The zero-order valence-electron chi connectivity index (χ0n) is 12.4. The molecule has 2 aromatic rings. The Morgan fingerprint density at radius 3 is 1.52 bits per heavy atom. The number of benzene rings is 2. The molecule has 114 valence electrons. The second kappa shape index (κ2) is 6.99. The third-order valence-electron chi connectivity index (χ3n) is 2.72. The first-order valence-electron chi connectivity index (χ1n) is 6.28. The molecule has 0 aliphatic carbocycles. The molecule has 0 aromatic heterocycles. The number of rotatable bonds is 2. The van der Waals surface area contributed by atoms with Gasteiger partial charge in [0.1, 0.15) is 0 Å². The van der Waals surface area contributed by atoms with E-state index < -0.39 is 9.84 Å². The van der Waals surface area contributed by atoms with E-state index >= 15 is 0 Å². The monoisotopic (exact) mass is 307 g/mol. The standard InChI is InChI=1S/C8H12N2.C7H9NO2S/c1-10(2)8-5-3-7(9)4-6-8;1-11(9,10)7-4-2-6(8)3-5-7/h3-6H,9H2,1-2H3;2-5H,8H2,1H3. The average molecular weight is 307 g/mol. The molecule has 0 aliphatic heterocycles. The zero-order valence-corrected chi connectivity index (χ0v) is 13.3. The van der Waals surface area contributed by atoms with Crippen molar-refractivity contribution in [3.8, 4) is 0 Å². The third kappa shape index (κ3) is 5.74. The molecule has 0 amide bonds. The molecule has 0 atom stereocenters. The molecule has 4 N–H and O–H groups in total. The number of sulfone groups is 1. The van der Waals surface area contributed by atoms with Crippen LogP contribution in [0.1, 0.15) is 0 Å². The van der Waals surface area contributed by atoms with Gasteiger partial charge in [-0.1, -0.05) is 0 Å². The van der Waals surface area contributed by atoms with E-state index in [1.165, 1.54) is 24.1 Å². The van der Waals surface area contributed by atoms with Gasteiger partial charge in [0.15, 0.2) is 9.84 Å². The maximum Gasteiger partial charge on any atom is 0.175 e. The summed E-state index contributed by atoms with van der Waals surface area (Å²) in [4.78, 5) is 2.34. The van der Waals surface area contributed by atoms with Crippen molar-refractivity contribution in [3.05, 3.63) is 48.5 Å². The smallest absolute Gasteiger partial charge is 0.175 e. The number of nitrogen functional groups attached to an aromatic ring is 2. The quantitative estimate of drug-likeness (QED) is 0.828. The Balaban J connectivity index is 0.000000211. The van der Waals surface area contributed by atoms with E-state index in [1.54, 1.807) is 12.1 Å². The van der Waals surface area contributed by atoms with Gasteiger partial charge in [0, 0.05) is 37.4 Å². The van der Waals surface area contributed by atoms with Crippen molar-refractivity contribution >= 4 is 26.9 Å². The Morgan fingerprint density at radius 2 is 1.19 bits per heavy atom. The van der Waals surface area contributed by atoms with Crippen LogP contribution in [0.2, 0.25) is 0 Å². The molecular formula is C15H21N3O2S. The Kier molecular flexibility index (Phi) is 5.60. The van der Waals surface area contributed by atoms with Crippen LogP contribution in [-0.2, 0) is 9.84 Å². The van der Waals surface area contributed by atoms with Crippen LogP contribution in [0.25, 0.3) is 0 Å². The van der Waals surface area contributed by atoms with Gasteiger partial charge in [0.05, 0.1) is 4.90 Å². The molecule has 6 heteroatoms. The first kappa shape index (κ1) is 16.8. The Labute approximate surface area is 126 Å². The van der Waals surface area contributed by atoms with Gasteiger partial charge >= 0.3 is 0 Å². The van der Waals surface area contributed by atoms with Crippen LogP contribution in [0.15, 0.2) is 53.4 Å². The lowest BCUT2D eigenvalue weighted by Crippen LogP contribution is -2.08. The molecule has 0 saturated heterocycles. The average Bonchev–Trinajstić information content (AvgIpc) is 2.39. The van der Waals surface area contributed by atoms with Crippen LogP contribution in [0, 0.1) is 0 Å². The number of hydrogen-bond acceptors (Lipinski definition) is 5.